The van der Waals surface area contributed by atoms with Crippen LogP contribution in [0, 0.1) is 5.92 Å². The Morgan fingerprint density at radius 3 is 2.58 bits per heavy atom. The van der Waals surface area contributed by atoms with Crippen LogP contribution in [0.3, 0.4) is 0 Å². The highest BCUT2D eigenvalue weighted by molar-refractivity contribution is 5.63. The molecule has 98 valence electrons. The van der Waals surface area contributed by atoms with E-state index in [-0.39, 0.29) is 5.75 Å². The first-order valence-electron chi connectivity index (χ1n) is 6.27. The molecule has 2 heterocycles. The van der Waals surface area contributed by atoms with Gasteiger partial charge in [0.05, 0.1) is 24.6 Å². The van der Waals surface area contributed by atoms with Gasteiger partial charge in [-0.2, -0.15) is 0 Å². The maximum atomic E-state index is 9.73. The minimum absolute atomic E-state index is 0.178. The van der Waals surface area contributed by atoms with Gasteiger partial charge in [0.2, 0.25) is 0 Å². The highest BCUT2D eigenvalue weighted by atomic mass is 16.5. The van der Waals surface area contributed by atoms with Crippen molar-refractivity contribution in [2.45, 2.75) is 0 Å². The van der Waals surface area contributed by atoms with E-state index in [1.165, 1.54) is 0 Å². The van der Waals surface area contributed by atoms with E-state index in [1.807, 2.05) is 6.07 Å². The molecule has 0 bridgehead atoms. The topological polar surface area (TPSA) is 67.3 Å². The number of rotatable bonds is 4. The van der Waals surface area contributed by atoms with Crippen molar-refractivity contribution in [3.8, 4) is 22.9 Å². The summed E-state index contributed by atoms with van der Waals surface area (Å²) in [6.45, 7) is 2.71. The maximum absolute atomic E-state index is 9.73. The molecule has 0 saturated carbocycles. The van der Waals surface area contributed by atoms with Crippen LogP contribution in [0.5, 0.6) is 11.5 Å². The van der Waals surface area contributed by atoms with Crippen LogP contribution in [-0.2, 0) is 0 Å². The fraction of sp³-hybridized carbons (Fsp3) is 0.286. The molecule has 0 spiro atoms. The molecule has 1 aliphatic heterocycles. The maximum Gasteiger partial charge on any atom is 0.163 e. The summed E-state index contributed by atoms with van der Waals surface area (Å²) in [6, 6.07) is 7.01. The predicted octanol–water partition coefficient (Wildman–Crippen LogP) is 1.45. The van der Waals surface area contributed by atoms with Crippen LogP contribution in [0.2, 0.25) is 0 Å². The molecule has 1 saturated heterocycles. The summed E-state index contributed by atoms with van der Waals surface area (Å²) in [5, 5.41) is 12.9. The number of aromatic hydroxyl groups is 1. The molecule has 3 rings (SSSR count). The quantitative estimate of drug-likeness (QED) is 0.867. The lowest BCUT2D eigenvalue weighted by molar-refractivity contribution is 0.198. The molecule has 0 amide bonds. The summed E-state index contributed by atoms with van der Waals surface area (Å²) in [6.07, 6.45) is 3.28. The van der Waals surface area contributed by atoms with E-state index in [0.717, 1.165) is 13.1 Å². The molecule has 19 heavy (non-hydrogen) atoms. The molecule has 2 aromatic rings. The van der Waals surface area contributed by atoms with Gasteiger partial charge in [0.25, 0.3) is 0 Å². The summed E-state index contributed by atoms with van der Waals surface area (Å²) in [4.78, 5) is 8.44. The third kappa shape index (κ3) is 2.66. The van der Waals surface area contributed by atoms with Crippen LogP contribution < -0.4 is 10.1 Å². The van der Waals surface area contributed by atoms with E-state index < -0.39 is 0 Å². The monoisotopic (exact) mass is 257 g/mol. The first-order valence-corrected chi connectivity index (χ1v) is 6.27. The van der Waals surface area contributed by atoms with Gasteiger partial charge in [-0.3, -0.25) is 0 Å². The summed E-state index contributed by atoms with van der Waals surface area (Å²) in [7, 11) is 0. The summed E-state index contributed by atoms with van der Waals surface area (Å²) in [5.41, 5.74) is 0.622. The third-order valence-electron chi connectivity index (χ3n) is 3.12. The SMILES string of the molecule is Oc1ccccc1-c1ncc(OCC2CNC2)cn1. The lowest BCUT2D eigenvalue weighted by Crippen LogP contribution is -2.45. The van der Waals surface area contributed by atoms with E-state index >= 15 is 0 Å². The Hall–Kier alpha value is -2.14. The van der Waals surface area contributed by atoms with Crippen LogP contribution in [0.1, 0.15) is 0 Å². The molecule has 1 aromatic heterocycles. The highest BCUT2D eigenvalue weighted by Crippen LogP contribution is 2.25. The van der Waals surface area contributed by atoms with Crippen molar-refractivity contribution in [3.05, 3.63) is 36.7 Å². The number of nitrogens with one attached hydrogen (secondary N) is 1. The van der Waals surface area contributed by atoms with Crippen molar-refractivity contribution >= 4 is 0 Å². The average molecular weight is 257 g/mol. The van der Waals surface area contributed by atoms with Gasteiger partial charge < -0.3 is 15.2 Å². The molecular formula is C14H15N3O2. The van der Waals surface area contributed by atoms with Crippen molar-refractivity contribution in [2.24, 2.45) is 5.92 Å². The number of aromatic nitrogens is 2. The van der Waals surface area contributed by atoms with Gasteiger partial charge in [-0.25, -0.2) is 9.97 Å². The Morgan fingerprint density at radius 2 is 1.95 bits per heavy atom. The minimum atomic E-state index is 0.178. The zero-order valence-corrected chi connectivity index (χ0v) is 10.4. The Balaban J connectivity index is 1.69. The van der Waals surface area contributed by atoms with Gasteiger partial charge in [0.15, 0.2) is 11.6 Å². The summed E-state index contributed by atoms with van der Waals surface area (Å²) >= 11 is 0. The van der Waals surface area contributed by atoms with E-state index in [1.54, 1.807) is 30.6 Å². The molecule has 0 radical (unpaired) electrons. The molecule has 1 aliphatic rings. The van der Waals surface area contributed by atoms with Gasteiger partial charge in [-0.05, 0) is 12.1 Å². The zero-order valence-electron chi connectivity index (χ0n) is 10.4. The van der Waals surface area contributed by atoms with Crippen LogP contribution in [0.15, 0.2) is 36.7 Å². The lowest BCUT2D eigenvalue weighted by atomic mass is 10.1. The number of phenolic OH excluding ortho intramolecular Hbond substituents is 1. The van der Waals surface area contributed by atoms with Crippen molar-refractivity contribution in [1.29, 1.82) is 0 Å². The Kier molecular flexibility index (Phi) is 3.29. The Morgan fingerprint density at radius 1 is 1.21 bits per heavy atom. The van der Waals surface area contributed by atoms with Crippen LogP contribution in [0.25, 0.3) is 11.4 Å². The largest absolute Gasteiger partial charge is 0.507 e. The number of phenols is 1. The minimum Gasteiger partial charge on any atom is -0.507 e. The third-order valence-corrected chi connectivity index (χ3v) is 3.12. The van der Waals surface area contributed by atoms with Crippen LogP contribution in [0.4, 0.5) is 0 Å². The van der Waals surface area contributed by atoms with Gasteiger partial charge in [0, 0.05) is 19.0 Å². The van der Waals surface area contributed by atoms with Gasteiger partial charge >= 0.3 is 0 Å². The van der Waals surface area contributed by atoms with E-state index in [2.05, 4.69) is 15.3 Å². The fourth-order valence-corrected chi connectivity index (χ4v) is 1.87. The van der Waals surface area contributed by atoms with Gasteiger partial charge in [-0.15, -0.1) is 0 Å². The van der Waals surface area contributed by atoms with Gasteiger partial charge in [-0.1, -0.05) is 12.1 Å². The first-order chi connectivity index (χ1) is 9.33. The van der Waals surface area contributed by atoms with E-state index in [9.17, 15) is 5.11 Å². The second-order valence-corrected chi connectivity index (χ2v) is 4.59. The molecule has 0 atom stereocenters. The second kappa shape index (κ2) is 5.24. The van der Waals surface area contributed by atoms with E-state index in [4.69, 9.17) is 4.74 Å². The van der Waals surface area contributed by atoms with Crippen molar-refractivity contribution in [2.75, 3.05) is 19.7 Å². The van der Waals surface area contributed by atoms with Crippen molar-refractivity contribution in [1.82, 2.24) is 15.3 Å². The Labute approximate surface area is 111 Å². The number of nitrogens with zero attached hydrogens (tertiary/aromatic N) is 2. The molecule has 0 unspecified atom stereocenters. The standard InChI is InChI=1S/C14H15N3O2/c18-13-4-2-1-3-12(13)14-16-7-11(8-17-14)19-9-10-5-15-6-10/h1-4,7-8,10,15,18H,5-6,9H2. The first kappa shape index (κ1) is 11.9. The number of ether oxygens (including phenoxy) is 1. The molecule has 5 nitrogen and oxygen atoms in total. The number of hydrogen-bond donors (Lipinski definition) is 2. The summed E-state index contributed by atoms with van der Waals surface area (Å²) in [5.74, 6) is 1.91. The normalized spacial score (nSPS) is 14.9. The second-order valence-electron chi connectivity index (χ2n) is 4.59. The van der Waals surface area contributed by atoms with Crippen LogP contribution >= 0.6 is 0 Å². The number of para-hydroxylation sites is 1. The molecule has 1 fully saturated rings. The predicted molar refractivity (Wildman–Crippen MR) is 71.0 cm³/mol. The molecule has 0 aliphatic carbocycles. The zero-order chi connectivity index (χ0) is 13.1. The van der Waals surface area contributed by atoms with E-state index in [0.29, 0.717) is 29.7 Å². The molecular weight excluding hydrogens is 242 g/mol. The Bertz CT molecular complexity index is 553. The fourth-order valence-electron chi connectivity index (χ4n) is 1.87. The summed E-state index contributed by atoms with van der Waals surface area (Å²) < 4.78 is 5.60. The average Bonchev–Trinajstić information content (AvgIpc) is 2.39. The highest BCUT2D eigenvalue weighted by Gasteiger charge is 2.17. The molecule has 5 heteroatoms. The number of benzene rings is 1. The lowest BCUT2D eigenvalue weighted by Gasteiger charge is -2.26. The molecule has 2 N–H and O–H groups in total. The van der Waals surface area contributed by atoms with Gasteiger partial charge in [0.1, 0.15) is 5.75 Å². The smallest absolute Gasteiger partial charge is 0.163 e. The number of hydrogen-bond acceptors (Lipinski definition) is 5. The van der Waals surface area contributed by atoms with Crippen molar-refractivity contribution in [3.63, 3.8) is 0 Å². The molecule has 1 aromatic carbocycles. The van der Waals surface area contributed by atoms with Crippen molar-refractivity contribution < 1.29 is 9.84 Å². The van der Waals surface area contributed by atoms with Crippen LogP contribution in [-0.4, -0.2) is 34.8 Å².